The van der Waals surface area contributed by atoms with E-state index in [0.717, 1.165) is 0 Å². The first-order chi connectivity index (χ1) is 12.1. The maximum absolute atomic E-state index is 8.74. The third-order valence-corrected chi connectivity index (χ3v) is 0. The molecule has 0 heterocycles. The Hall–Kier alpha value is 1.32. The van der Waals surface area contributed by atoms with Crippen molar-refractivity contribution in [1.29, 1.82) is 0 Å². The fourth-order valence-electron chi connectivity index (χ4n) is 0. The minimum atomic E-state index is -3.13. The van der Waals surface area contributed by atoms with Gasteiger partial charge in [-0.15, -0.1) is 0 Å². The van der Waals surface area contributed by atoms with Crippen LogP contribution in [0.1, 0.15) is 0 Å². The standard InChI is InChI=1S/4Na.7H2O3Si.4H/c;;;;7*1-4(2)3;;;;/h;;;;7*1-2H;;;;. The van der Waals surface area contributed by atoms with Crippen LogP contribution in [0.2, 0.25) is 0 Å². The molecule has 0 aromatic rings. The molecule has 176 valence electrons. The molecule has 0 unspecified atom stereocenters. The quantitative estimate of drug-likeness (QED) is 0.109. The molecule has 0 spiro atoms. The predicted molar refractivity (Wildman–Crippen MR) is 105 cm³/mol. The first kappa shape index (κ1) is 69.9. The molecule has 0 fully saturated rings. The van der Waals surface area contributed by atoms with Crippen LogP contribution in [0.25, 0.3) is 0 Å². The predicted octanol–water partition coefficient (Wildman–Crippen LogP) is -13.9. The summed E-state index contributed by atoms with van der Waals surface area (Å²) >= 11 is 0. The monoisotopic (exact) mass is 642 g/mol. The molecule has 0 aliphatic heterocycles. The molecule has 0 saturated carbocycles. The van der Waals surface area contributed by atoms with Gasteiger partial charge in [0.05, 0.1) is 0 Å². The molecule has 32 heavy (non-hydrogen) atoms. The summed E-state index contributed by atoms with van der Waals surface area (Å²) < 4.78 is 61.2. The first-order valence-corrected chi connectivity index (χ1v) is 13.7. The van der Waals surface area contributed by atoms with Crippen molar-refractivity contribution in [2.75, 3.05) is 0 Å². The second-order valence-electron chi connectivity index (χ2n) is 1.98. The molecule has 0 saturated heterocycles. The normalized spacial score (nSPS) is 5.25. The molecule has 32 heteroatoms. The van der Waals surface area contributed by atoms with Crippen LogP contribution in [0.3, 0.4) is 0 Å². The molecular formula is H18Na4O21Si7. The van der Waals surface area contributed by atoms with Crippen LogP contribution in [0.15, 0.2) is 0 Å². The average Bonchev–Trinajstić information content (AvgIpc) is 2.20. The van der Waals surface area contributed by atoms with E-state index in [1.165, 1.54) is 0 Å². The van der Waals surface area contributed by atoms with Crippen LogP contribution in [0, 0.1) is 0 Å². The van der Waals surface area contributed by atoms with Gasteiger partial charge in [0.25, 0.3) is 0 Å². The van der Waals surface area contributed by atoms with Gasteiger partial charge >= 0.3 is 182 Å². The molecule has 0 bridgehead atoms. The van der Waals surface area contributed by atoms with Crippen molar-refractivity contribution in [2.24, 2.45) is 0 Å². The van der Waals surface area contributed by atoms with E-state index in [-0.39, 0.29) is 118 Å². The summed E-state index contributed by atoms with van der Waals surface area (Å²) in [4.78, 5) is 100. The van der Waals surface area contributed by atoms with Crippen molar-refractivity contribution < 1.29 is 98.4 Å². The van der Waals surface area contributed by atoms with Gasteiger partial charge in [-0.3, -0.25) is 31.2 Å². The van der Waals surface area contributed by atoms with E-state index < -0.39 is 64.2 Å². The minimum absolute atomic E-state index is 0. The van der Waals surface area contributed by atoms with Gasteiger partial charge in [0, 0.05) is 0 Å². The van der Waals surface area contributed by atoms with Gasteiger partial charge in [-0.1, -0.05) is 0 Å². The second kappa shape index (κ2) is 63.6. The molecule has 0 aromatic heterocycles. The molecule has 0 rings (SSSR count). The van der Waals surface area contributed by atoms with Gasteiger partial charge in [0.2, 0.25) is 0 Å². The summed E-state index contributed by atoms with van der Waals surface area (Å²) in [5, 5.41) is 0. The Kier molecular flexibility index (Phi) is 139. The van der Waals surface area contributed by atoms with E-state index in [4.69, 9.17) is 98.4 Å². The van der Waals surface area contributed by atoms with Crippen molar-refractivity contribution in [2.45, 2.75) is 0 Å². The zero-order chi connectivity index (χ0) is 25.0. The zero-order valence-corrected chi connectivity index (χ0v) is 19.6. The van der Waals surface area contributed by atoms with Crippen LogP contribution in [-0.2, 0) is 31.2 Å². The van der Waals surface area contributed by atoms with Gasteiger partial charge in [-0.2, -0.15) is 0 Å². The second-order valence-corrected chi connectivity index (χ2v) is 5.93. The first-order valence-electron chi connectivity index (χ1n) is 4.56. The summed E-state index contributed by atoms with van der Waals surface area (Å²) in [6.07, 6.45) is 0. The Bertz CT molecular complexity index is 319. The van der Waals surface area contributed by atoms with E-state index in [9.17, 15) is 0 Å². The third-order valence-electron chi connectivity index (χ3n) is 0. The van der Waals surface area contributed by atoms with Crippen molar-refractivity contribution in [3.05, 3.63) is 0 Å². The van der Waals surface area contributed by atoms with Crippen LogP contribution in [-0.4, -0.2) is 250 Å². The molecule has 14 N–H and O–H groups in total. The Morgan fingerprint density at radius 1 is 0.219 bits per heavy atom. The summed E-state index contributed by atoms with van der Waals surface area (Å²) in [6.45, 7) is 0. The SMILES string of the molecule is O=[Si](O)O.O=[Si](O)O.O=[Si](O)O.O=[Si](O)O.O=[Si](O)O.O=[Si](O)O.O=[Si](O)O.[NaH].[NaH].[NaH].[NaH]. The maximum atomic E-state index is 8.74. The molecule has 0 aliphatic rings. The van der Waals surface area contributed by atoms with E-state index in [2.05, 4.69) is 0 Å². The Balaban J connectivity index is -0.0000000175. The van der Waals surface area contributed by atoms with Crippen molar-refractivity contribution in [3.63, 3.8) is 0 Å². The van der Waals surface area contributed by atoms with Gasteiger partial charge in [0.15, 0.2) is 0 Å². The van der Waals surface area contributed by atoms with Crippen LogP contribution >= 0.6 is 0 Å². The fraction of sp³-hybridized carbons (Fsp3) is 0. The summed E-state index contributed by atoms with van der Waals surface area (Å²) in [5.41, 5.74) is 0. The van der Waals surface area contributed by atoms with Crippen LogP contribution in [0.4, 0.5) is 0 Å². The van der Waals surface area contributed by atoms with Crippen molar-refractivity contribution >= 4 is 182 Å². The zero-order valence-electron chi connectivity index (χ0n) is 12.6. The molecule has 21 nitrogen and oxygen atoms in total. The van der Waals surface area contributed by atoms with Gasteiger partial charge < -0.3 is 67.1 Å². The summed E-state index contributed by atoms with van der Waals surface area (Å²) in [5.74, 6) is 0. The van der Waals surface area contributed by atoms with Crippen molar-refractivity contribution in [1.82, 2.24) is 0 Å². The molecule has 0 amide bonds. The Morgan fingerprint density at radius 3 is 0.219 bits per heavy atom. The molecule has 0 aromatic carbocycles. The van der Waals surface area contributed by atoms with Gasteiger partial charge in [0.1, 0.15) is 0 Å². The molecule has 0 atom stereocenters. The van der Waals surface area contributed by atoms with Crippen molar-refractivity contribution in [3.8, 4) is 0 Å². The molecular weight excluding hydrogens is 625 g/mol. The van der Waals surface area contributed by atoms with E-state index >= 15 is 0 Å². The summed E-state index contributed by atoms with van der Waals surface area (Å²) in [6, 6.07) is 0. The molecule has 0 aliphatic carbocycles. The van der Waals surface area contributed by atoms with E-state index in [1.54, 1.807) is 0 Å². The third kappa shape index (κ3) is 16600. The van der Waals surface area contributed by atoms with Crippen LogP contribution in [0.5, 0.6) is 0 Å². The fourth-order valence-corrected chi connectivity index (χ4v) is 0. The molecule has 0 radical (unpaired) electrons. The topological polar surface area (TPSA) is 403 Å². The van der Waals surface area contributed by atoms with E-state index in [0.29, 0.717) is 0 Å². The number of rotatable bonds is 0. The number of hydrogen-bond donors (Lipinski definition) is 14. The van der Waals surface area contributed by atoms with Crippen LogP contribution < -0.4 is 0 Å². The van der Waals surface area contributed by atoms with E-state index in [1.807, 2.05) is 0 Å². The Morgan fingerprint density at radius 2 is 0.219 bits per heavy atom. The number of hydrogen-bond acceptors (Lipinski definition) is 7. The van der Waals surface area contributed by atoms with Gasteiger partial charge in [-0.25, -0.2) is 0 Å². The summed E-state index contributed by atoms with van der Waals surface area (Å²) in [7, 11) is -21.9. The Labute approximate surface area is 276 Å². The average molecular weight is 643 g/mol. The van der Waals surface area contributed by atoms with Gasteiger partial charge in [-0.05, 0) is 0 Å².